The number of fused-ring (bicyclic) bond motifs is 2. The minimum absolute atomic E-state index is 0.253. The van der Waals surface area contributed by atoms with E-state index in [0.717, 1.165) is 12.8 Å². The fraction of sp³-hybridized carbons (Fsp3) is 0.125. The van der Waals surface area contributed by atoms with Crippen LogP contribution in [0.4, 0.5) is 0 Å². The van der Waals surface area contributed by atoms with Gasteiger partial charge in [0.2, 0.25) is 0 Å². The fourth-order valence-electron chi connectivity index (χ4n) is 5.91. The maximum Gasteiger partial charge on any atom is 0.0676 e. The van der Waals surface area contributed by atoms with Crippen molar-refractivity contribution >= 4 is 5.57 Å². The van der Waals surface area contributed by atoms with Crippen LogP contribution in [0.2, 0.25) is 0 Å². The van der Waals surface area contributed by atoms with Crippen LogP contribution in [-0.4, -0.2) is 0 Å². The predicted octanol–water partition coefficient (Wildman–Crippen LogP) is 8.11. The van der Waals surface area contributed by atoms with Crippen molar-refractivity contribution in [3.8, 4) is 11.1 Å². The minimum Gasteiger partial charge on any atom is -0.0836 e. The average Bonchev–Trinajstić information content (AvgIpc) is 3.17. The second-order valence-electron chi connectivity index (χ2n) is 8.86. The molecule has 2 aliphatic rings. The van der Waals surface area contributed by atoms with Crippen LogP contribution >= 0.6 is 0 Å². The first-order chi connectivity index (χ1) is 15.8. The lowest BCUT2D eigenvalue weighted by Crippen LogP contribution is -2.30. The topological polar surface area (TPSA) is 0 Å². The Bertz CT molecular complexity index is 1310. The average molecular weight is 411 g/mol. The molecule has 0 aliphatic heterocycles. The molecule has 0 atom stereocenters. The molecule has 0 nitrogen and oxygen atoms in total. The number of benzene rings is 4. The summed E-state index contributed by atoms with van der Waals surface area (Å²) in [6.45, 7) is 2.22. The Morgan fingerprint density at radius 2 is 1.25 bits per heavy atom. The highest BCUT2D eigenvalue weighted by atomic mass is 14.5. The molecule has 0 bridgehead atoms. The second-order valence-corrected chi connectivity index (χ2v) is 8.86. The molecule has 32 heavy (non-hydrogen) atoms. The van der Waals surface area contributed by atoms with Crippen molar-refractivity contribution in [3.05, 3.63) is 149 Å². The summed E-state index contributed by atoms with van der Waals surface area (Å²) in [5.74, 6) is 0. The van der Waals surface area contributed by atoms with E-state index in [1.165, 1.54) is 50.1 Å². The summed E-state index contributed by atoms with van der Waals surface area (Å²) in [5.41, 5.74) is 12.2. The number of allylic oxidation sites excluding steroid dienone is 4. The summed E-state index contributed by atoms with van der Waals surface area (Å²) in [4.78, 5) is 0. The highest BCUT2D eigenvalue weighted by Crippen LogP contribution is 2.58. The van der Waals surface area contributed by atoms with E-state index in [1.54, 1.807) is 0 Å². The Kier molecular flexibility index (Phi) is 4.47. The Hall–Kier alpha value is -3.64. The largest absolute Gasteiger partial charge is 0.0836 e. The molecule has 0 fully saturated rings. The maximum absolute atomic E-state index is 2.38. The molecule has 0 amide bonds. The van der Waals surface area contributed by atoms with Gasteiger partial charge in [-0.2, -0.15) is 0 Å². The smallest absolute Gasteiger partial charge is 0.0676 e. The lowest BCUT2D eigenvalue weighted by molar-refractivity contribution is 0.696. The number of hydrogen-bond acceptors (Lipinski definition) is 0. The van der Waals surface area contributed by atoms with Crippen molar-refractivity contribution in [1.29, 1.82) is 0 Å². The van der Waals surface area contributed by atoms with Crippen molar-refractivity contribution in [2.75, 3.05) is 0 Å². The molecule has 154 valence electrons. The summed E-state index contributed by atoms with van der Waals surface area (Å²) < 4.78 is 0. The molecule has 4 aromatic carbocycles. The molecule has 0 radical (unpaired) electrons. The zero-order chi connectivity index (χ0) is 21.5. The third-order valence-corrected chi connectivity index (χ3v) is 7.21. The van der Waals surface area contributed by atoms with Gasteiger partial charge in [-0.25, -0.2) is 0 Å². The summed E-state index contributed by atoms with van der Waals surface area (Å²) >= 11 is 0. The number of aryl methyl sites for hydroxylation is 1. The molecule has 6 rings (SSSR count). The zero-order valence-electron chi connectivity index (χ0n) is 18.4. The standard InChI is InChI=1S/C32H26/c1-23-13-8-9-18-26(23)27-20-12-22-30-31(27)28-19-10-11-21-29(28)32(30,24-14-4-2-5-15-24)25-16-6-3-7-17-25/h2-10,12-20,22H,11,21H2,1H3. The van der Waals surface area contributed by atoms with Gasteiger partial charge < -0.3 is 0 Å². The van der Waals surface area contributed by atoms with Crippen molar-refractivity contribution in [3.63, 3.8) is 0 Å². The van der Waals surface area contributed by atoms with Gasteiger partial charge in [-0.05, 0) is 69.9 Å². The van der Waals surface area contributed by atoms with E-state index in [9.17, 15) is 0 Å². The molecule has 0 heterocycles. The molecule has 0 saturated carbocycles. The monoisotopic (exact) mass is 410 g/mol. The minimum atomic E-state index is -0.253. The molecule has 4 aromatic rings. The van der Waals surface area contributed by atoms with Gasteiger partial charge in [-0.1, -0.05) is 115 Å². The van der Waals surface area contributed by atoms with E-state index in [-0.39, 0.29) is 5.41 Å². The Labute approximate surface area is 190 Å². The van der Waals surface area contributed by atoms with E-state index >= 15 is 0 Å². The van der Waals surface area contributed by atoms with Crippen molar-refractivity contribution in [2.24, 2.45) is 0 Å². The van der Waals surface area contributed by atoms with Gasteiger partial charge in [0.1, 0.15) is 0 Å². The Balaban J connectivity index is 1.77. The normalized spacial score (nSPS) is 16.0. The van der Waals surface area contributed by atoms with E-state index in [4.69, 9.17) is 0 Å². The van der Waals surface area contributed by atoms with Crippen LogP contribution in [0.1, 0.15) is 40.7 Å². The van der Waals surface area contributed by atoms with Crippen molar-refractivity contribution in [2.45, 2.75) is 25.2 Å². The van der Waals surface area contributed by atoms with Crippen LogP contribution in [0.5, 0.6) is 0 Å². The molecule has 0 N–H and O–H groups in total. The van der Waals surface area contributed by atoms with Crippen LogP contribution < -0.4 is 0 Å². The van der Waals surface area contributed by atoms with Gasteiger partial charge in [0.05, 0.1) is 5.41 Å². The lowest BCUT2D eigenvalue weighted by atomic mass is 9.65. The van der Waals surface area contributed by atoms with Gasteiger partial charge in [-0.15, -0.1) is 0 Å². The van der Waals surface area contributed by atoms with Gasteiger partial charge in [0.15, 0.2) is 0 Å². The molecule has 0 spiro atoms. The van der Waals surface area contributed by atoms with Crippen LogP contribution in [0.25, 0.3) is 16.7 Å². The quantitative estimate of drug-likeness (QED) is 0.320. The number of hydrogen-bond donors (Lipinski definition) is 0. The van der Waals surface area contributed by atoms with Crippen molar-refractivity contribution in [1.82, 2.24) is 0 Å². The first-order valence-corrected chi connectivity index (χ1v) is 11.5. The Morgan fingerprint density at radius 1 is 0.625 bits per heavy atom. The fourth-order valence-corrected chi connectivity index (χ4v) is 5.91. The predicted molar refractivity (Wildman–Crippen MR) is 135 cm³/mol. The van der Waals surface area contributed by atoms with E-state index < -0.39 is 0 Å². The SMILES string of the molecule is Cc1ccccc1-c1cccc2c1C1=C(CCC=C1)C2(c1ccccc1)c1ccccc1. The van der Waals surface area contributed by atoms with Crippen LogP contribution in [0, 0.1) is 6.92 Å². The molecular weight excluding hydrogens is 384 g/mol. The second kappa shape index (κ2) is 7.50. The molecule has 0 saturated heterocycles. The molecule has 0 heteroatoms. The lowest BCUT2D eigenvalue weighted by Gasteiger charge is -2.36. The number of rotatable bonds is 3. The van der Waals surface area contributed by atoms with Gasteiger partial charge in [0.25, 0.3) is 0 Å². The third-order valence-electron chi connectivity index (χ3n) is 7.21. The molecular formula is C32H26. The maximum atomic E-state index is 2.38. The highest BCUT2D eigenvalue weighted by Gasteiger charge is 2.47. The summed E-state index contributed by atoms with van der Waals surface area (Å²) in [6, 6.07) is 37.9. The molecule has 0 unspecified atom stereocenters. The van der Waals surface area contributed by atoms with Crippen LogP contribution in [0.3, 0.4) is 0 Å². The summed E-state index contributed by atoms with van der Waals surface area (Å²) in [6.07, 6.45) is 6.90. The third kappa shape index (κ3) is 2.63. The van der Waals surface area contributed by atoms with Gasteiger partial charge in [-0.3, -0.25) is 0 Å². The van der Waals surface area contributed by atoms with E-state index in [1.807, 2.05) is 0 Å². The van der Waals surface area contributed by atoms with Gasteiger partial charge in [0, 0.05) is 0 Å². The van der Waals surface area contributed by atoms with Gasteiger partial charge >= 0.3 is 0 Å². The zero-order valence-corrected chi connectivity index (χ0v) is 18.4. The van der Waals surface area contributed by atoms with Crippen LogP contribution in [0.15, 0.2) is 121 Å². The molecule has 0 aromatic heterocycles. The first kappa shape index (κ1) is 19.1. The summed E-state index contributed by atoms with van der Waals surface area (Å²) in [5, 5.41) is 0. The van der Waals surface area contributed by atoms with Crippen LogP contribution in [-0.2, 0) is 5.41 Å². The van der Waals surface area contributed by atoms with Crippen molar-refractivity contribution < 1.29 is 0 Å². The van der Waals surface area contributed by atoms with E-state index in [0.29, 0.717) is 0 Å². The highest BCUT2D eigenvalue weighted by molar-refractivity contribution is 5.97. The first-order valence-electron chi connectivity index (χ1n) is 11.5. The van der Waals surface area contributed by atoms with E-state index in [2.05, 4.69) is 122 Å². The Morgan fingerprint density at radius 3 is 1.94 bits per heavy atom. The summed E-state index contributed by atoms with van der Waals surface area (Å²) in [7, 11) is 0. The molecule has 2 aliphatic carbocycles.